The lowest BCUT2D eigenvalue weighted by molar-refractivity contribution is -0.135. The van der Waals surface area contributed by atoms with Crippen LogP contribution in [-0.2, 0) is 4.79 Å². The Morgan fingerprint density at radius 2 is 1.81 bits per heavy atom. The van der Waals surface area contributed by atoms with Crippen LogP contribution in [0.25, 0.3) is 0 Å². The molecule has 1 aromatic carbocycles. The average molecular weight is 308 g/mol. The highest BCUT2D eigenvalue weighted by atomic mass is 32.2. The van der Waals surface area contributed by atoms with Gasteiger partial charge in [0.05, 0.1) is 0 Å². The first-order valence-electron chi connectivity index (χ1n) is 6.96. The second kappa shape index (κ2) is 6.85. The zero-order chi connectivity index (χ0) is 15.4. The van der Waals surface area contributed by atoms with E-state index in [1.807, 2.05) is 17.8 Å². The molecule has 1 fully saturated rings. The normalized spacial score (nSPS) is 21.9. The molecule has 0 radical (unpaired) electrons. The third kappa shape index (κ3) is 4.14. The molecule has 2 rings (SSSR count). The number of carboxylic acids is 1. The maximum atomic E-state index is 12.7. The van der Waals surface area contributed by atoms with E-state index in [9.17, 15) is 9.59 Å². The van der Waals surface area contributed by atoms with Crippen molar-refractivity contribution in [3.63, 3.8) is 0 Å². The van der Waals surface area contributed by atoms with Crippen LogP contribution in [0.1, 0.15) is 13.8 Å². The molecule has 2 amide bonds. The predicted molar refractivity (Wildman–Crippen MR) is 84.9 cm³/mol. The van der Waals surface area contributed by atoms with Crippen LogP contribution in [0.2, 0.25) is 0 Å². The maximum absolute atomic E-state index is 12.7. The molecule has 0 bridgehead atoms. The van der Waals surface area contributed by atoms with Crippen LogP contribution in [0.4, 0.5) is 10.5 Å². The van der Waals surface area contributed by atoms with Crippen molar-refractivity contribution in [2.45, 2.75) is 24.3 Å². The molecule has 2 unspecified atom stereocenters. The fraction of sp³-hybridized carbons (Fsp3) is 0.467. The molecule has 0 aromatic heterocycles. The van der Waals surface area contributed by atoms with E-state index in [1.54, 1.807) is 29.2 Å². The highest BCUT2D eigenvalue weighted by Crippen LogP contribution is 2.26. The second-order valence-corrected chi connectivity index (χ2v) is 7.14. The molecule has 1 aliphatic rings. The minimum absolute atomic E-state index is 0.234. The Morgan fingerprint density at radius 3 is 2.33 bits per heavy atom. The summed E-state index contributed by atoms with van der Waals surface area (Å²) in [6.07, 6.45) is 0. The smallest absolute Gasteiger partial charge is 0.325 e. The highest BCUT2D eigenvalue weighted by Gasteiger charge is 2.30. The van der Waals surface area contributed by atoms with Gasteiger partial charge in [-0.2, -0.15) is 11.8 Å². The first-order valence-corrected chi connectivity index (χ1v) is 7.90. The summed E-state index contributed by atoms with van der Waals surface area (Å²) in [6, 6.07) is 8.72. The number of benzene rings is 1. The van der Waals surface area contributed by atoms with E-state index in [2.05, 4.69) is 13.8 Å². The SMILES string of the molecule is CC1CN(C(=O)N(CC(=O)O)c2ccccc2)CC(C)S1. The van der Waals surface area contributed by atoms with Crippen LogP contribution in [0.3, 0.4) is 0 Å². The minimum atomic E-state index is -1.01. The number of aliphatic carboxylic acids is 1. The van der Waals surface area contributed by atoms with Gasteiger partial charge in [0, 0.05) is 29.3 Å². The summed E-state index contributed by atoms with van der Waals surface area (Å²) in [5.41, 5.74) is 0.614. The van der Waals surface area contributed by atoms with E-state index >= 15 is 0 Å². The number of hydrogen-bond acceptors (Lipinski definition) is 3. The van der Waals surface area contributed by atoms with Gasteiger partial charge in [-0.05, 0) is 12.1 Å². The van der Waals surface area contributed by atoms with Crippen molar-refractivity contribution in [3.8, 4) is 0 Å². The zero-order valence-electron chi connectivity index (χ0n) is 12.2. The first kappa shape index (κ1) is 15.7. The highest BCUT2D eigenvalue weighted by molar-refractivity contribution is 8.00. The van der Waals surface area contributed by atoms with Crippen molar-refractivity contribution >= 4 is 29.4 Å². The van der Waals surface area contributed by atoms with Gasteiger partial charge in [0.1, 0.15) is 6.54 Å². The van der Waals surface area contributed by atoms with Crippen molar-refractivity contribution in [1.29, 1.82) is 0 Å². The molecule has 6 heteroatoms. The second-order valence-electron chi connectivity index (χ2n) is 5.26. The topological polar surface area (TPSA) is 60.9 Å². The fourth-order valence-electron chi connectivity index (χ4n) is 2.52. The first-order chi connectivity index (χ1) is 9.97. The van der Waals surface area contributed by atoms with E-state index in [1.165, 1.54) is 4.90 Å². The third-order valence-corrected chi connectivity index (χ3v) is 4.51. The Hall–Kier alpha value is -1.69. The predicted octanol–water partition coefficient (Wildman–Crippen LogP) is 2.52. The van der Waals surface area contributed by atoms with E-state index in [0.29, 0.717) is 29.3 Å². The molecular formula is C15H20N2O3S. The number of thioether (sulfide) groups is 1. The summed E-state index contributed by atoms with van der Waals surface area (Å²) < 4.78 is 0. The summed E-state index contributed by atoms with van der Waals surface area (Å²) >= 11 is 1.86. The summed E-state index contributed by atoms with van der Waals surface area (Å²) in [6.45, 7) is 5.15. The summed E-state index contributed by atoms with van der Waals surface area (Å²) in [5, 5.41) is 9.80. The van der Waals surface area contributed by atoms with Gasteiger partial charge in [-0.15, -0.1) is 0 Å². The Balaban J connectivity index is 2.20. The van der Waals surface area contributed by atoms with E-state index in [-0.39, 0.29) is 12.6 Å². The van der Waals surface area contributed by atoms with Crippen LogP contribution >= 0.6 is 11.8 Å². The Bertz CT molecular complexity index is 499. The van der Waals surface area contributed by atoms with Crippen LogP contribution in [0.5, 0.6) is 0 Å². The lowest BCUT2D eigenvalue weighted by Crippen LogP contribution is -2.51. The number of rotatable bonds is 3. The molecule has 1 N–H and O–H groups in total. The van der Waals surface area contributed by atoms with Gasteiger partial charge in [0.25, 0.3) is 0 Å². The number of anilines is 1. The number of hydrogen-bond donors (Lipinski definition) is 1. The molecule has 0 spiro atoms. The Morgan fingerprint density at radius 1 is 1.24 bits per heavy atom. The number of carbonyl (C=O) groups is 2. The molecule has 5 nitrogen and oxygen atoms in total. The molecule has 21 heavy (non-hydrogen) atoms. The molecule has 1 saturated heterocycles. The van der Waals surface area contributed by atoms with Crippen molar-refractivity contribution in [3.05, 3.63) is 30.3 Å². The van der Waals surface area contributed by atoms with Crippen molar-refractivity contribution in [2.24, 2.45) is 0 Å². The standard InChI is InChI=1S/C15H20N2O3S/c1-11-8-16(9-12(2)21-11)15(20)17(10-14(18)19)13-6-4-3-5-7-13/h3-7,11-12H,8-10H2,1-2H3,(H,18,19). The van der Waals surface area contributed by atoms with Gasteiger partial charge in [-0.1, -0.05) is 32.0 Å². The quantitative estimate of drug-likeness (QED) is 0.932. The maximum Gasteiger partial charge on any atom is 0.325 e. The fourth-order valence-corrected chi connectivity index (χ4v) is 3.84. The number of carbonyl (C=O) groups excluding carboxylic acids is 1. The van der Waals surface area contributed by atoms with E-state index in [0.717, 1.165) is 0 Å². The number of carboxylic acid groups (broad SMARTS) is 1. The van der Waals surface area contributed by atoms with Crippen molar-refractivity contribution < 1.29 is 14.7 Å². The minimum Gasteiger partial charge on any atom is -0.480 e. The molecule has 1 aromatic rings. The zero-order valence-corrected chi connectivity index (χ0v) is 13.0. The van der Waals surface area contributed by atoms with Gasteiger partial charge >= 0.3 is 12.0 Å². The van der Waals surface area contributed by atoms with E-state index in [4.69, 9.17) is 5.11 Å². The van der Waals surface area contributed by atoms with Gasteiger partial charge in [-0.3, -0.25) is 9.69 Å². The Labute approximate surface area is 128 Å². The molecule has 1 aliphatic heterocycles. The number of urea groups is 1. The molecule has 0 aliphatic carbocycles. The summed E-state index contributed by atoms with van der Waals surface area (Å²) in [4.78, 5) is 26.9. The van der Waals surface area contributed by atoms with Crippen molar-refractivity contribution in [1.82, 2.24) is 4.90 Å². The molecule has 0 saturated carbocycles. The van der Waals surface area contributed by atoms with Gasteiger partial charge < -0.3 is 10.0 Å². The van der Waals surface area contributed by atoms with Crippen LogP contribution in [0.15, 0.2) is 30.3 Å². The number of para-hydroxylation sites is 1. The van der Waals surface area contributed by atoms with E-state index < -0.39 is 5.97 Å². The monoisotopic (exact) mass is 308 g/mol. The lowest BCUT2D eigenvalue weighted by Gasteiger charge is -2.37. The lowest BCUT2D eigenvalue weighted by atomic mass is 10.2. The number of nitrogens with zero attached hydrogens (tertiary/aromatic N) is 2. The average Bonchev–Trinajstić information content (AvgIpc) is 2.44. The third-order valence-electron chi connectivity index (χ3n) is 3.28. The molecule has 1 heterocycles. The van der Waals surface area contributed by atoms with Crippen LogP contribution < -0.4 is 4.90 Å². The van der Waals surface area contributed by atoms with Crippen LogP contribution in [-0.4, -0.2) is 52.1 Å². The van der Waals surface area contributed by atoms with Gasteiger partial charge in [0.15, 0.2) is 0 Å². The van der Waals surface area contributed by atoms with Crippen LogP contribution in [0, 0.1) is 0 Å². The summed E-state index contributed by atoms with van der Waals surface area (Å²) in [7, 11) is 0. The molecule has 114 valence electrons. The van der Waals surface area contributed by atoms with Gasteiger partial charge in [-0.25, -0.2) is 4.79 Å². The Kier molecular flexibility index (Phi) is 5.12. The van der Waals surface area contributed by atoms with Gasteiger partial charge in [0.2, 0.25) is 0 Å². The molecule has 2 atom stereocenters. The van der Waals surface area contributed by atoms with Crippen molar-refractivity contribution in [2.75, 3.05) is 24.5 Å². The molecular weight excluding hydrogens is 288 g/mol. The number of amides is 2. The summed E-state index contributed by atoms with van der Waals surface area (Å²) in [5.74, 6) is -1.01. The largest absolute Gasteiger partial charge is 0.480 e.